The van der Waals surface area contributed by atoms with Gasteiger partial charge < -0.3 is 4.90 Å². The Balaban J connectivity index is 2.41. The van der Waals surface area contributed by atoms with Gasteiger partial charge in [-0.3, -0.25) is 0 Å². The maximum atomic E-state index is 3.52. The third-order valence-electron chi connectivity index (χ3n) is 2.75. The number of halogens is 1. The van der Waals surface area contributed by atoms with Crippen LogP contribution in [-0.4, -0.2) is 12.1 Å². The van der Waals surface area contributed by atoms with Gasteiger partial charge in [-0.15, -0.1) is 0 Å². The van der Waals surface area contributed by atoms with E-state index in [-0.39, 0.29) is 5.54 Å². The fourth-order valence-corrected chi connectivity index (χ4v) is 2.48. The van der Waals surface area contributed by atoms with Gasteiger partial charge in [0.2, 0.25) is 0 Å². The summed E-state index contributed by atoms with van der Waals surface area (Å²) in [6.45, 7) is 7.95. The molecule has 14 heavy (non-hydrogen) atoms. The lowest BCUT2D eigenvalue weighted by Gasteiger charge is -2.34. The topological polar surface area (TPSA) is 3.24 Å². The average Bonchev–Trinajstić information content (AvgIpc) is 2.45. The fraction of sp³-hybridized carbons (Fsp3) is 0.500. The molecule has 0 aromatic heterocycles. The molecule has 1 heterocycles. The Bertz CT molecular complexity index is 352. The van der Waals surface area contributed by atoms with Crippen molar-refractivity contribution in [2.75, 3.05) is 11.4 Å². The number of hydrogen-bond donors (Lipinski definition) is 0. The highest BCUT2D eigenvalue weighted by molar-refractivity contribution is 9.10. The molecule has 1 aliphatic rings. The average molecular weight is 254 g/mol. The largest absolute Gasteiger partial charge is 0.366 e. The van der Waals surface area contributed by atoms with Crippen LogP contribution >= 0.6 is 15.9 Å². The summed E-state index contributed by atoms with van der Waals surface area (Å²) in [4.78, 5) is 2.48. The van der Waals surface area contributed by atoms with Gasteiger partial charge in [0.25, 0.3) is 0 Å². The first-order chi connectivity index (χ1) is 6.48. The third kappa shape index (κ3) is 1.68. The smallest absolute Gasteiger partial charge is 0.0404 e. The first kappa shape index (κ1) is 10.0. The van der Waals surface area contributed by atoms with Crippen molar-refractivity contribution in [2.45, 2.75) is 32.7 Å². The highest BCUT2D eigenvalue weighted by atomic mass is 79.9. The minimum absolute atomic E-state index is 0.235. The van der Waals surface area contributed by atoms with Gasteiger partial charge in [-0.05, 0) is 51.0 Å². The number of rotatable bonds is 0. The van der Waals surface area contributed by atoms with Crippen LogP contribution in [0.25, 0.3) is 0 Å². The van der Waals surface area contributed by atoms with Crippen molar-refractivity contribution in [2.24, 2.45) is 0 Å². The molecule has 0 spiro atoms. The second-order valence-corrected chi connectivity index (χ2v) is 5.76. The maximum Gasteiger partial charge on any atom is 0.0404 e. The van der Waals surface area contributed by atoms with E-state index in [1.54, 1.807) is 0 Å². The van der Waals surface area contributed by atoms with E-state index >= 15 is 0 Å². The van der Waals surface area contributed by atoms with Crippen molar-refractivity contribution in [1.82, 2.24) is 0 Å². The number of benzene rings is 1. The molecule has 0 saturated carbocycles. The van der Waals surface area contributed by atoms with E-state index in [2.05, 4.69) is 59.8 Å². The molecule has 2 rings (SSSR count). The monoisotopic (exact) mass is 253 g/mol. The summed E-state index contributed by atoms with van der Waals surface area (Å²) < 4.78 is 1.19. The molecule has 0 radical (unpaired) electrons. The lowest BCUT2D eigenvalue weighted by atomic mass is 10.1. The Morgan fingerprint density at radius 3 is 2.64 bits per heavy atom. The van der Waals surface area contributed by atoms with Crippen LogP contribution in [0.2, 0.25) is 0 Å². The van der Waals surface area contributed by atoms with Crippen molar-refractivity contribution in [3.8, 4) is 0 Å². The van der Waals surface area contributed by atoms with Crippen LogP contribution in [0, 0.1) is 0 Å². The van der Waals surface area contributed by atoms with Gasteiger partial charge in [-0.1, -0.05) is 15.9 Å². The van der Waals surface area contributed by atoms with Crippen molar-refractivity contribution in [1.29, 1.82) is 0 Å². The molecular weight excluding hydrogens is 238 g/mol. The molecule has 0 fully saturated rings. The maximum absolute atomic E-state index is 3.52. The first-order valence-electron chi connectivity index (χ1n) is 5.04. The summed E-state index contributed by atoms with van der Waals surface area (Å²) in [6, 6.07) is 6.58. The van der Waals surface area contributed by atoms with Gasteiger partial charge in [-0.25, -0.2) is 0 Å². The summed E-state index contributed by atoms with van der Waals surface area (Å²) in [7, 11) is 0. The van der Waals surface area contributed by atoms with E-state index in [4.69, 9.17) is 0 Å². The van der Waals surface area contributed by atoms with Crippen LogP contribution in [0.1, 0.15) is 26.3 Å². The van der Waals surface area contributed by atoms with Crippen LogP contribution in [0.3, 0.4) is 0 Å². The van der Waals surface area contributed by atoms with E-state index in [0.717, 1.165) is 6.54 Å². The Morgan fingerprint density at radius 1 is 1.29 bits per heavy atom. The molecule has 0 atom stereocenters. The molecule has 76 valence electrons. The predicted octanol–water partition coefficient (Wildman–Crippen LogP) is 3.61. The Hall–Kier alpha value is -0.500. The van der Waals surface area contributed by atoms with Crippen molar-refractivity contribution in [3.05, 3.63) is 28.2 Å². The molecule has 1 aromatic carbocycles. The summed E-state index contributed by atoms with van der Waals surface area (Å²) in [5.74, 6) is 0. The Kier molecular flexibility index (Phi) is 2.34. The number of anilines is 1. The van der Waals surface area contributed by atoms with Gasteiger partial charge >= 0.3 is 0 Å². The van der Waals surface area contributed by atoms with E-state index in [1.807, 2.05) is 0 Å². The zero-order valence-electron chi connectivity index (χ0n) is 8.97. The minimum Gasteiger partial charge on any atom is -0.366 e. The molecule has 0 saturated heterocycles. The van der Waals surface area contributed by atoms with Gasteiger partial charge in [-0.2, -0.15) is 0 Å². The zero-order valence-corrected chi connectivity index (χ0v) is 10.6. The highest BCUT2D eigenvalue weighted by Crippen LogP contribution is 2.34. The lowest BCUT2D eigenvalue weighted by molar-refractivity contribution is 0.518. The second kappa shape index (κ2) is 3.27. The quantitative estimate of drug-likeness (QED) is 0.683. The lowest BCUT2D eigenvalue weighted by Crippen LogP contribution is -2.40. The highest BCUT2D eigenvalue weighted by Gasteiger charge is 2.27. The summed E-state index contributed by atoms with van der Waals surface area (Å²) in [6.07, 6.45) is 1.17. The molecule has 0 amide bonds. The minimum atomic E-state index is 0.235. The zero-order chi connectivity index (χ0) is 10.3. The van der Waals surface area contributed by atoms with E-state index < -0.39 is 0 Å². The summed E-state index contributed by atoms with van der Waals surface area (Å²) in [5, 5.41) is 0. The van der Waals surface area contributed by atoms with E-state index in [9.17, 15) is 0 Å². The van der Waals surface area contributed by atoms with Crippen LogP contribution in [0.15, 0.2) is 22.7 Å². The van der Waals surface area contributed by atoms with Crippen LogP contribution in [0.5, 0.6) is 0 Å². The molecule has 0 N–H and O–H groups in total. The third-order valence-corrected chi connectivity index (χ3v) is 3.24. The normalized spacial score (nSPS) is 15.9. The number of hydrogen-bond acceptors (Lipinski definition) is 1. The Labute approximate surface area is 94.2 Å². The van der Waals surface area contributed by atoms with E-state index in [1.165, 1.54) is 22.1 Å². The summed E-state index contributed by atoms with van der Waals surface area (Å²) >= 11 is 3.52. The van der Waals surface area contributed by atoms with Crippen LogP contribution < -0.4 is 4.90 Å². The van der Waals surface area contributed by atoms with Crippen LogP contribution in [-0.2, 0) is 6.42 Å². The predicted molar refractivity (Wildman–Crippen MR) is 64.9 cm³/mol. The van der Waals surface area contributed by atoms with Crippen LogP contribution in [0.4, 0.5) is 5.69 Å². The number of fused-ring (bicyclic) bond motifs is 1. The van der Waals surface area contributed by atoms with Crippen molar-refractivity contribution >= 4 is 21.6 Å². The molecule has 0 unspecified atom stereocenters. The Morgan fingerprint density at radius 2 is 2.00 bits per heavy atom. The van der Waals surface area contributed by atoms with Gasteiger partial charge in [0, 0.05) is 22.2 Å². The molecule has 1 nitrogen and oxygen atoms in total. The fourth-order valence-electron chi connectivity index (χ4n) is 2.07. The van der Waals surface area contributed by atoms with Gasteiger partial charge in [0.05, 0.1) is 0 Å². The molecular formula is C12H16BrN. The van der Waals surface area contributed by atoms with Crippen molar-refractivity contribution < 1.29 is 0 Å². The van der Waals surface area contributed by atoms with Crippen molar-refractivity contribution in [3.63, 3.8) is 0 Å². The second-order valence-electron chi connectivity index (χ2n) is 4.85. The standard InChI is InChI=1S/C12H16BrN/c1-12(2,3)14-7-6-9-8-10(13)4-5-11(9)14/h4-5,8H,6-7H2,1-3H3. The van der Waals surface area contributed by atoms with Gasteiger partial charge in [0.1, 0.15) is 0 Å². The summed E-state index contributed by atoms with van der Waals surface area (Å²) in [5.41, 5.74) is 3.11. The molecule has 1 aromatic rings. The first-order valence-corrected chi connectivity index (χ1v) is 5.84. The molecule has 0 bridgehead atoms. The molecule has 1 aliphatic heterocycles. The SMILES string of the molecule is CC(C)(C)N1CCc2cc(Br)ccc21. The van der Waals surface area contributed by atoms with Gasteiger partial charge in [0.15, 0.2) is 0 Å². The molecule has 2 heteroatoms. The number of nitrogens with zero attached hydrogens (tertiary/aromatic N) is 1. The molecule has 0 aliphatic carbocycles. The van der Waals surface area contributed by atoms with E-state index in [0.29, 0.717) is 0 Å².